The molecule has 0 spiro atoms. The molecule has 17 heavy (non-hydrogen) atoms. The van der Waals surface area contributed by atoms with Crippen LogP contribution in [-0.4, -0.2) is 30.4 Å². The number of nitrogens with two attached hydrogens (primary N) is 1. The summed E-state index contributed by atoms with van der Waals surface area (Å²) in [7, 11) is 0. The Morgan fingerprint density at radius 2 is 2.24 bits per heavy atom. The maximum atomic E-state index is 12.4. The van der Waals surface area contributed by atoms with Crippen molar-refractivity contribution in [2.45, 2.75) is 13.3 Å². The van der Waals surface area contributed by atoms with Crippen LogP contribution >= 0.6 is 22.6 Å². The van der Waals surface area contributed by atoms with Crippen molar-refractivity contribution in [3.8, 4) is 0 Å². The van der Waals surface area contributed by atoms with Gasteiger partial charge in [-0.05, 0) is 53.1 Å². The number of carbonyl (C=O) groups is 1. The Labute approximate surface area is 116 Å². The third kappa shape index (κ3) is 2.63. The Morgan fingerprint density at radius 1 is 1.53 bits per heavy atom. The van der Waals surface area contributed by atoms with E-state index in [1.165, 1.54) is 0 Å². The number of likely N-dealkylation sites (tertiary alicyclic amines) is 1. The van der Waals surface area contributed by atoms with Crippen LogP contribution in [0.25, 0.3) is 0 Å². The summed E-state index contributed by atoms with van der Waals surface area (Å²) in [6.45, 7) is 4.38. The summed E-state index contributed by atoms with van der Waals surface area (Å²) in [6, 6.07) is 7.72. The number of amides is 1. The molecule has 0 radical (unpaired) electrons. The Morgan fingerprint density at radius 3 is 2.82 bits per heavy atom. The smallest absolute Gasteiger partial charge is 0.254 e. The van der Waals surface area contributed by atoms with Crippen LogP contribution in [0.5, 0.6) is 0 Å². The van der Waals surface area contributed by atoms with Crippen LogP contribution < -0.4 is 5.73 Å². The van der Waals surface area contributed by atoms with Gasteiger partial charge in [0.15, 0.2) is 0 Å². The van der Waals surface area contributed by atoms with Crippen LogP contribution in [0.4, 0.5) is 0 Å². The van der Waals surface area contributed by atoms with E-state index >= 15 is 0 Å². The number of nitrogens with zero attached hydrogens (tertiary/aromatic N) is 1. The molecule has 1 aliphatic heterocycles. The van der Waals surface area contributed by atoms with Crippen molar-refractivity contribution in [2.24, 2.45) is 11.1 Å². The summed E-state index contributed by atoms with van der Waals surface area (Å²) in [6.07, 6.45) is 0.999. The van der Waals surface area contributed by atoms with E-state index in [9.17, 15) is 4.79 Å². The first-order valence-electron chi connectivity index (χ1n) is 5.80. The molecule has 0 saturated carbocycles. The maximum Gasteiger partial charge on any atom is 0.254 e. The molecule has 3 nitrogen and oxygen atoms in total. The molecule has 92 valence electrons. The fraction of sp³-hybridized carbons (Fsp3) is 0.462. The maximum absolute atomic E-state index is 12.4. The number of benzene rings is 1. The lowest BCUT2D eigenvalue weighted by molar-refractivity contribution is 0.0776. The van der Waals surface area contributed by atoms with Crippen molar-refractivity contribution < 1.29 is 4.79 Å². The first-order chi connectivity index (χ1) is 8.06. The van der Waals surface area contributed by atoms with Gasteiger partial charge in [0.2, 0.25) is 0 Å². The number of rotatable bonds is 2. The molecule has 4 heteroatoms. The molecule has 1 aromatic carbocycles. The molecule has 1 saturated heterocycles. The fourth-order valence-corrected chi connectivity index (χ4v) is 2.79. The lowest BCUT2D eigenvalue weighted by Crippen LogP contribution is -2.34. The molecule has 1 amide bonds. The number of hydrogen-bond acceptors (Lipinski definition) is 2. The van der Waals surface area contributed by atoms with Gasteiger partial charge in [-0.25, -0.2) is 0 Å². The zero-order chi connectivity index (χ0) is 12.5. The minimum Gasteiger partial charge on any atom is -0.338 e. The highest BCUT2D eigenvalue weighted by molar-refractivity contribution is 14.1. The molecular formula is C13H17IN2O. The predicted octanol–water partition coefficient (Wildman–Crippen LogP) is 2.10. The Hall–Kier alpha value is -0.620. The van der Waals surface area contributed by atoms with E-state index in [0.717, 1.165) is 28.6 Å². The van der Waals surface area contributed by atoms with Gasteiger partial charge in [-0.2, -0.15) is 0 Å². The highest BCUT2D eigenvalue weighted by Gasteiger charge is 2.35. The van der Waals surface area contributed by atoms with Gasteiger partial charge in [0.05, 0.1) is 5.56 Å². The van der Waals surface area contributed by atoms with Gasteiger partial charge in [-0.15, -0.1) is 0 Å². The minimum absolute atomic E-state index is 0.0931. The molecule has 1 unspecified atom stereocenters. The molecule has 0 aliphatic carbocycles. The van der Waals surface area contributed by atoms with Gasteiger partial charge in [0.25, 0.3) is 5.91 Å². The zero-order valence-corrected chi connectivity index (χ0v) is 12.1. The van der Waals surface area contributed by atoms with Gasteiger partial charge < -0.3 is 10.6 Å². The molecule has 0 bridgehead atoms. The molecule has 1 aromatic rings. The Kier molecular flexibility index (Phi) is 3.73. The van der Waals surface area contributed by atoms with Crippen molar-refractivity contribution in [1.82, 2.24) is 4.90 Å². The van der Waals surface area contributed by atoms with Crippen molar-refractivity contribution >= 4 is 28.5 Å². The van der Waals surface area contributed by atoms with Crippen LogP contribution in [0, 0.1) is 8.99 Å². The quantitative estimate of drug-likeness (QED) is 0.836. The lowest BCUT2D eigenvalue weighted by atomic mass is 9.90. The largest absolute Gasteiger partial charge is 0.338 e. The van der Waals surface area contributed by atoms with Crippen LogP contribution in [0.2, 0.25) is 0 Å². The molecule has 1 fully saturated rings. The van der Waals surface area contributed by atoms with Crippen molar-refractivity contribution in [1.29, 1.82) is 0 Å². The first-order valence-corrected chi connectivity index (χ1v) is 6.87. The Balaban J connectivity index is 2.15. The fourth-order valence-electron chi connectivity index (χ4n) is 2.17. The molecule has 1 heterocycles. The SMILES string of the molecule is CC1(CN)CCN(C(=O)c2ccccc2I)C1. The van der Waals surface area contributed by atoms with Crippen molar-refractivity contribution in [3.63, 3.8) is 0 Å². The predicted molar refractivity (Wildman–Crippen MR) is 76.8 cm³/mol. The van der Waals surface area contributed by atoms with Gasteiger partial charge in [-0.1, -0.05) is 19.1 Å². The van der Waals surface area contributed by atoms with Crippen LogP contribution in [0.1, 0.15) is 23.7 Å². The first kappa shape index (κ1) is 12.8. The average Bonchev–Trinajstić information content (AvgIpc) is 2.73. The Bertz CT molecular complexity index is 435. The minimum atomic E-state index is 0.0931. The van der Waals surface area contributed by atoms with Gasteiger partial charge >= 0.3 is 0 Å². The van der Waals surface area contributed by atoms with Gasteiger partial charge in [-0.3, -0.25) is 4.79 Å². The summed E-state index contributed by atoms with van der Waals surface area (Å²) in [5.41, 5.74) is 6.65. The second kappa shape index (κ2) is 4.94. The average molecular weight is 344 g/mol. The zero-order valence-electron chi connectivity index (χ0n) is 9.95. The van der Waals surface area contributed by atoms with Crippen molar-refractivity contribution in [2.75, 3.05) is 19.6 Å². The summed E-state index contributed by atoms with van der Waals surface area (Å²) in [5.74, 6) is 0.132. The van der Waals surface area contributed by atoms with Crippen LogP contribution in [0.15, 0.2) is 24.3 Å². The van der Waals surface area contributed by atoms with E-state index in [2.05, 4.69) is 29.5 Å². The molecule has 2 rings (SSSR count). The summed E-state index contributed by atoms with van der Waals surface area (Å²) in [5, 5.41) is 0. The standard InChI is InChI=1S/C13H17IN2O/c1-13(8-15)6-7-16(9-13)12(17)10-4-2-3-5-11(10)14/h2-5H,6-9,15H2,1H3. The van der Waals surface area contributed by atoms with Crippen molar-refractivity contribution in [3.05, 3.63) is 33.4 Å². The van der Waals surface area contributed by atoms with Crippen LogP contribution in [-0.2, 0) is 0 Å². The third-order valence-electron chi connectivity index (χ3n) is 3.44. The van der Waals surface area contributed by atoms with E-state index < -0.39 is 0 Å². The number of hydrogen-bond donors (Lipinski definition) is 1. The third-order valence-corrected chi connectivity index (χ3v) is 4.38. The van der Waals surface area contributed by atoms with E-state index in [0.29, 0.717) is 6.54 Å². The highest BCUT2D eigenvalue weighted by atomic mass is 127. The van der Waals surface area contributed by atoms with E-state index in [-0.39, 0.29) is 11.3 Å². The molecule has 1 atom stereocenters. The second-order valence-corrected chi connectivity index (χ2v) is 6.13. The summed E-state index contributed by atoms with van der Waals surface area (Å²) >= 11 is 2.21. The normalized spacial score (nSPS) is 24.1. The monoisotopic (exact) mass is 344 g/mol. The van der Waals surface area contributed by atoms with E-state index in [4.69, 9.17) is 5.73 Å². The molecular weight excluding hydrogens is 327 g/mol. The molecule has 2 N–H and O–H groups in total. The molecule has 1 aliphatic rings. The van der Waals surface area contributed by atoms with E-state index in [1.807, 2.05) is 29.2 Å². The topological polar surface area (TPSA) is 46.3 Å². The van der Waals surface area contributed by atoms with E-state index in [1.54, 1.807) is 0 Å². The number of halogens is 1. The van der Waals surface area contributed by atoms with Gasteiger partial charge in [0.1, 0.15) is 0 Å². The molecule has 0 aromatic heterocycles. The number of carbonyl (C=O) groups excluding carboxylic acids is 1. The van der Waals surface area contributed by atoms with Gasteiger partial charge in [0, 0.05) is 16.7 Å². The summed E-state index contributed by atoms with van der Waals surface area (Å²) in [4.78, 5) is 14.3. The summed E-state index contributed by atoms with van der Waals surface area (Å²) < 4.78 is 1.01. The lowest BCUT2D eigenvalue weighted by Gasteiger charge is -2.22. The highest BCUT2D eigenvalue weighted by Crippen LogP contribution is 2.30. The van der Waals surface area contributed by atoms with Crippen LogP contribution in [0.3, 0.4) is 0 Å². The second-order valence-electron chi connectivity index (χ2n) is 4.97.